The zero-order valence-corrected chi connectivity index (χ0v) is 15.4. The predicted molar refractivity (Wildman–Crippen MR) is 101 cm³/mol. The van der Waals surface area contributed by atoms with Crippen LogP contribution in [0.2, 0.25) is 0 Å². The minimum atomic E-state index is -3.24. The monoisotopic (exact) mass is 374 g/mol. The molecular formula is C19H22N2O4S. The summed E-state index contributed by atoms with van der Waals surface area (Å²) in [6, 6.07) is 15.0. The lowest BCUT2D eigenvalue weighted by molar-refractivity contribution is -0.116. The zero-order valence-electron chi connectivity index (χ0n) is 14.6. The topological polar surface area (TPSA) is 92.3 Å². The molecule has 6 nitrogen and oxygen atoms in total. The summed E-state index contributed by atoms with van der Waals surface area (Å²) in [7, 11) is -3.24. The number of hydrogen-bond donors (Lipinski definition) is 2. The van der Waals surface area contributed by atoms with Crippen molar-refractivity contribution in [1.29, 1.82) is 0 Å². The molecule has 0 heterocycles. The number of amides is 2. The Labute approximate surface area is 153 Å². The normalized spacial score (nSPS) is 11.0. The van der Waals surface area contributed by atoms with E-state index in [-0.39, 0.29) is 28.9 Å². The van der Waals surface area contributed by atoms with Crippen LogP contribution in [0.1, 0.15) is 30.1 Å². The van der Waals surface area contributed by atoms with Crippen LogP contribution in [0.5, 0.6) is 0 Å². The third kappa shape index (κ3) is 5.70. The van der Waals surface area contributed by atoms with Crippen molar-refractivity contribution < 1.29 is 18.0 Å². The van der Waals surface area contributed by atoms with Crippen molar-refractivity contribution in [1.82, 2.24) is 5.32 Å². The minimum absolute atomic E-state index is 0.0351. The van der Waals surface area contributed by atoms with Gasteiger partial charge in [-0.15, -0.1) is 0 Å². The van der Waals surface area contributed by atoms with Crippen molar-refractivity contribution in [3.8, 4) is 0 Å². The van der Waals surface area contributed by atoms with Crippen molar-refractivity contribution in [2.24, 2.45) is 0 Å². The van der Waals surface area contributed by atoms with Gasteiger partial charge in [-0.05, 0) is 42.8 Å². The Hall–Kier alpha value is -2.67. The summed E-state index contributed by atoms with van der Waals surface area (Å²) >= 11 is 0. The Balaban J connectivity index is 1.74. The van der Waals surface area contributed by atoms with E-state index in [9.17, 15) is 18.0 Å². The van der Waals surface area contributed by atoms with Gasteiger partial charge in [-0.2, -0.15) is 0 Å². The molecular weight excluding hydrogens is 352 g/mol. The fourth-order valence-electron chi connectivity index (χ4n) is 2.28. The van der Waals surface area contributed by atoms with E-state index in [1.54, 1.807) is 43.3 Å². The van der Waals surface area contributed by atoms with Crippen LogP contribution in [0.3, 0.4) is 0 Å². The third-order valence-electron chi connectivity index (χ3n) is 3.78. The summed E-state index contributed by atoms with van der Waals surface area (Å²) in [4.78, 5) is 24.0. The molecule has 0 spiro atoms. The third-order valence-corrected chi connectivity index (χ3v) is 5.53. The van der Waals surface area contributed by atoms with Crippen molar-refractivity contribution in [2.75, 3.05) is 17.6 Å². The van der Waals surface area contributed by atoms with Gasteiger partial charge in [0.1, 0.15) is 0 Å². The molecule has 2 aromatic carbocycles. The van der Waals surface area contributed by atoms with Gasteiger partial charge in [-0.3, -0.25) is 9.59 Å². The number of carbonyl (C=O) groups excluding carboxylic acids is 2. The number of benzene rings is 2. The van der Waals surface area contributed by atoms with Gasteiger partial charge in [-0.25, -0.2) is 8.42 Å². The first-order valence-electron chi connectivity index (χ1n) is 8.38. The fraction of sp³-hybridized carbons (Fsp3) is 0.263. The van der Waals surface area contributed by atoms with Gasteiger partial charge in [-0.1, -0.05) is 25.1 Å². The Morgan fingerprint density at radius 1 is 0.962 bits per heavy atom. The summed E-state index contributed by atoms with van der Waals surface area (Å²) in [6.45, 7) is 1.98. The lowest BCUT2D eigenvalue weighted by Crippen LogP contribution is -2.25. The van der Waals surface area contributed by atoms with Gasteiger partial charge in [0, 0.05) is 24.2 Å². The van der Waals surface area contributed by atoms with Gasteiger partial charge < -0.3 is 10.6 Å². The average molecular weight is 374 g/mol. The number of sulfone groups is 1. The van der Waals surface area contributed by atoms with E-state index < -0.39 is 9.84 Å². The number of carbonyl (C=O) groups is 2. The lowest BCUT2D eigenvalue weighted by Gasteiger charge is -2.08. The van der Waals surface area contributed by atoms with E-state index in [1.807, 2.05) is 6.07 Å². The summed E-state index contributed by atoms with van der Waals surface area (Å²) in [5, 5.41) is 5.48. The van der Waals surface area contributed by atoms with Crippen LogP contribution < -0.4 is 10.6 Å². The molecule has 0 aliphatic rings. The maximum Gasteiger partial charge on any atom is 0.251 e. The van der Waals surface area contributed by atoms with E-state index >= 15 is 0 Å². The molecule has 0 saturated heterocycles. The molecule has 0 unspecified atom stereocenters. The standard InChI is InChI=1S/C19H22N2O4S/c1-2-26(24,25)17-12-10-16(11-13-17)21-18(22)9-6-14-20-19(23)15-7-4-3-5-8-15/h3-5,7-8,10-13H,2,6,9,14H2,1H3,(H,20,23)(H,21,22). The van der Waals surface area contributed by atoms with Crippen LogP contribution in [0.25, 0.3) is 0 Å². The van der Waals surface area contributed by atoms with Crippen molar-refractivity contribution >= 4 is 27.3 Å². The Morgan fingerprint density at radius 3 is 2.23 bits per heavy atom. The highest BCUT2D eigenvalue weighted by molar-refractivity contribution is 7.91. The van der Waals surface area contributed by atoms with Crippen molar-refractivity contribution in [3.63, 3.8) is 0 Å². The molecule has 0 atom stereocenters. The highest BCUT2D eigenvalue weighted by atomic mass is 32.2. The van der Waals surface area contributed by atoms with Crippen molar-refractivity contribution in [3.05, 3.63) is 60.2 Å². The molecule has 0 radical (unpaired) electrons. The highest BCUT2D eigenvalue weighted by Gasteiger charge is 2.11. The van der Waals surface area contributed by atoms with E-state index in [1.165, 1.54) is 12.1 Å². The first-order valence-corrected chi connectivity index (χ1v) is 10.0. The number of hydrogen-bond acceptors (Lipinski definition) is 4. The Bertz CT molecular complexity index is 847. The maximum atomic E-state index is 11.9. The molecule has 2 amide bonds. The second-order valence-electron chi connectivity index (χ2n) is 5.70. The molecule has 7 heteroatoms. The Morgan fingerprint density at radius 2 is 1.62 bits per heavy atom. The van der Waals surface area contributed by atoms with Gasteiger partial charge in [0.15, 0.2) is 9.84 Å². The minimum Gasteiger partial charge on any atom is -0.352 e. The van der Waals surface area contributed by atoms with Gasteiger partial charge in [0.2, 0.25) is 5.91 Å². The highest BCUT2D eigenvalue weighted by Crippen LogP contribution is 2.15. The van der Waals surface area contributed by atoms with Gasteiger partial charge >= 0.3 is 0 Å². The maximum absolute atomic E-state index is 11.9. The van der Waals surface area contributed by atoms with Crippen molar-refractivity contribution in [2.45, 2.75) is 24.7 Å². The van der Waals surface area contributed by atoms with Crippen LogP contribution in [0, 0.1) is 0 Å². The van der Waals surface area contributed by atoms with Crippen LogP contribution in [-0.2, 0) is 14.6 Å². The number of anilines is 1. The fourth-order valence-corrected chi connectivity index (χ4v) is 3.16. The Kier molecular flexibility index (Phi) is 6.91. The number of nitrogens with one attached hydrogen (secondary N) is 2. The van der Waals surface area contributed by atoms with Crippen LogP contribution in [0.15, 0.2) is 59.5 Å². The first-order chi connectivity index (χ1) is 12.4. The van der Waals surface area contributed by atoms with Gasteiger partial charge in [0.25, 0.3) is 5.91 Å². The SMILES string of the molecule is CCS(=O)(=O)c1ccc(NC(=O)CCCNC(=O)c2ccccc2)cc1. The molecule has 0 aliphatic heterocycles. The molecule has 2 aromatic rings. The van der Waals surface area contributed by atoms with Crippen LogP contribution in [-0.4, -0.2) is 32.5 Å². The quantitative estimate of drug-likeness (QED) is 0.695. The summed E-state index contributed by atoms with van der Waals surface area (Å²) < 4.78 is 23.5. The van der Waals surface area contributed by atoms with E-state index in [4.69, 9.17) is 0 Å². The predicted octanol–water partition coefficient (Wildman–Crippen LogP) is 2.63. The summed E-state index contributed by atoms with van der Waals surface area (Å²) in [6.07, 6.45) is 0.761. The van der Waals surface area contributed by atoms with E-state index in [0.717, 1.165) is 0 Å². The van der Waals surface area contributed by atoms with Gasteiger partial charge in [0.05, 0.1) is 10.6 Å². The van der Waals surface area contributed by atoms with E-state index in [2.05, 4.69) is 10.6 Å². The average Bonchev–Trinajstić information content (AvgIpc) is 2.66. The summed E-state index contributed by atoms with van der Waals surface area (Å²) in [5.74, 6) is -0.322. The molecule has 0 saturated carbocycles. The summed E-state index contributed by atoms with van der Waals surface area (Å²) in [5.41, 5.74) is 1.12. The molecule has 0 fully saturated rings. The molecule has 138 valence electrons. The zero-order chi connectivity index (χ0) is 19.0. The van der Waals surface area contributed by atoms with Crippen LogP contribution in [0.4, 0.5) is 5.69 Å². The molecule has 0 aromatic heterocycles. The van der Waals surface area contributed by atoms with E-state index in [0.29, 0.717) is 24.2 Å². The van der Waals surface area contributed by atoms with Crippen LogP contribution >= 0.6 is 0 Å². The second kappa shape index (κ2) is 9.15. The lowest BCUT2D eigenvalue weighted by atomic mass is 10.2. The molecule has 26 heavy (non-hydrogen) atoms. The number of rotatable bonds is 8. The largest absolute Gasteiger partial charge is 0.352 e. The molecule has 0 bridgehead atoms. The first kappa shape index (κ1) is 19.7. The molecule has 2 N–H and O–H groups in total. The second-order valence-corrected chi connectivity index (χ2v) is 7.98. The molecule has 0 aliphatic carbocycles. The molecule has 2 rings (SSSR count). The smallest absolute Gasteiger partial charge is 0.251 e.